The van der Waals surface area contributed by atoms with E-state index < -0.39 is 0 Å². The fourth-order valence-corrected chi connectivity index (χ4v) is 2.63. The maximum atomic E-state index is 12.2. The minimum atomic E-state index is 0.176. The zero-order valence-corrected chi connectivity index (χ0v) is 11.2. The molecule has 2 rings (SSSR count). The molecule has 0 aliphatic carbocycles. The zero-order chi connectivity index (χ0) is 13.0. The number of carbonyl (C=O) groups is 1. The molecule has 0 radical (unpaired) electrons. The van der Waals surface area contributed by atoms with Crippen molar-refractivity contribution in [3.63, 3.8) is 0 Å². The Morgan fingerprint density at radius 3 is 3.06 bits per heavy atom. The lowest BCUT2D eigenvalue weighted by molar-refractivity contribution is -0.132. The second-order valence-corrected chi connectivity index (χ2v) is 5.33. The van der Waals surface area contributed by atoms with Crippen LogP contribution in [0.3, 0.4) is 0 Å². The molecular weight excluding hydrogens is 248 g/mol. The van der Waals surface area contributed by atoms with Crippen LogP contribution in [0, 0.1) is 5.92 Å². The quantitative estimate of drug-likeness (QED) is 0.911. The van der Waals surface area contributed by atoms with E-state index >= 15 is 0 Å². The number of nitrogens with two attached hydrogens (primary N) is 1. The molecule has 1 aliphatic heterocycles. The van der Waals surface area contributed by atoms with Crippen molar-refractivity contribution in [2.45, 2.75) is 19.3 Å². The topological polar surface area (TPSA) is 46.3 Å². The van der Waals surface area contributed by atoms with E-state index in [-0.39, 0.29) is 5.91 Å². The van der Waals surface area contributed by atoms with Crippen LogP contribution >= 0.6 is 11.6 Å². The van der Waals surface area contributed by atoms with E-state index in [1.165, 1.54) is 0 Å². The number of carbonyl (C=O) groups excluding carboxylic acids is 1. The van der Waals surface area contributed by atoms with Gasteiger partial charge in [0.2, 0.25) is 5.91 Å². The molecule has 18 heavy (non-hydrogen) atoms. The molecule has 98 valence electrons. The summed E-state index contributed by atoms with van der Waals surface area (Å²) in [5.41, 5.74) is 6.66. The third-order valence-electron chi connectivity index (χ3n) is 3.45. The van der Waals surface area contributed by atoms with E-state index in [1.54, 1.807) is 0 Å². The Balaban J connectivity index is 1.95. The summed E-state index contributed by atoms with van der Waals surface area (Å²) in [4.78, 5) is 14.1. The average molecular weight is 267 g/mol. The summed E-state index contributed by atoms with van der Waals surface area (Å²) in [5.74, 6) is 0.637. The highest BCUT2D eigenvalue weighted by molar-refractivity contribution is 6.30. The molecule has 0 saturated carbocycles. The Labute approximate surface area is 113 Å². The first-order valence-electron chi connectivity index (χ1n) is 6.41. The minimum absolute atomic E-state index is 0.176. The summed E-state index contributed by atoms with van der Waals surface area (Å²) in [6.07, 6.45) is 2.62. The highest BCUT2D eigenvalue weighted by Gasteiger charge is 2.22. The van der Waals surface area contributed by atoms with Crippen LogP contribution in [-0.2, 0) is 11.2 Å². The minimum Gasteiger partial charge on any atom is -0.342 e. The lowest BCUT2D eigenvalue weighted by Crippen LogP contribution is -2.42. The van der Waals surface area contributed by atoms with Crippen molar-refractivity contribution in [2.75, 3.05) is 19.6 Å². The summed E-state index contributed by atoms with van der Waals surface area (Å²) in [6.45, 7) is 2.33. The zero-order valence-electron chi connectivity index (χ0n) is 10.4. The molecule has 1 aromatic rings. The number of piperidine rings is 1. The van der Waals surface area contributed by atoms with Crippen molar-refractivity contribution < 1.29 is 4.79 Å². The van der Waals surface area contributed by atoms with Crippen LogP contribution in [0.4, 0.5) is 0 Å². The van der Waals surface area contributed by atoms with Gasteiger partial charge in [-0.3, -0.25) is 4.79 Å². The Hall–Kier alpha value is -1.06. The summed E-state index contributed by atoms with van der Waals surface area (Å²) in [5, 5.41) is 0.679. The molecule has 1 fully saturated rings. The molecule has 1 heterocycles. The van der Waals surface area contributed by atoms with Crippen molar-refractivity contribution in [3.8, 4) is 0 Å². The van der Waals surface area contributed by atoms with Crippen molar-refractivity contribution in [3.05, 3.63) is 34.9 Å². The largest absolute Gasteiger partial charge is 0.342 e. The predicted octanol–water partition coefficient (Wildman–Crippen LogP) is 2.08. The van der Waals surface area contributed by atoms with Gasteiger partial charge in [0.1, 0.15) is 0 Å². The van der Waals surface area contributed by atoms with Crippen molar-refractivity contribution in [2.24, 2.45) is 11.7 Å². The van der Waals surface area contributed by atoms with Crippen LogP contribution in [0.1, 0.15) is 18.4 Å². The molecule has 0 aromatic heterocycles. The van der Waals surface area contributed by atoms with Gasteiger partial charge < -0.3 is 10.6 Å². The number of nitrogens with zero attached hydrogens (tertiary/aromatic N) is 1. The highest BCUT2D eigenvalue weighted by atomic mass is 35.5. The van der Waals surface area contributed by atoms with Crippen LogP contribution in [0.2, 0.25) is 5.02 Å². The fourth-order valence-electron chi connectivity index (χ4n) is 2.42. The molecule has 0 bridgehead atoms. The van der Waals surface area contributed by atoms with Crippen LogP contribution in [0.15, 0.2) is 24.3 Å². The first-order valence-corrected chi connectivity index (χ1v) is 6.79. The van der Waals surface area contributed by atoms with E-state index in [0.29, 0.717) is 23.9 Å². The Morgan fingerprint density at radius 2 is 2.33 bits per heavy atom. The third kappa shape index (κ3) is 3.47. The molecule has 1 aliphatic rings. The summed E-state index contributed by atoms with van der Waals surface area (Å²) >= 11 is 5.92. The van der Waals surface area contributed by atoms with Gasteiger partial charge >= 0.3 is 0 Å². The highest BCUT2D eigenvalue weighted by Crippen LogP contribution is 2.17. The third-order valence-corrected chi connectivity index (χ3v) is 3.68. The predicted molar refractivity (Wildman–Crippen MR) is 73.5 cm³/mol. The van der Waals surface area contributed by atoms with E-state index in [4.69, 9.17) is 17.3 Å². The van der Waals surface area contributed by atoms with Gasteiger partial charge in [0.25, 0.3) is 0 Å². The van der Waals surface area contributed by atoms with E-state index in [1.807, 2.05) is 29.2 Å². The standard InChI is InChI=1S/C14H19ClN2O/c15-13-5-1-3-11(7-13)8-14(18)17-6-2-4-12(9-16)10-17/h1,3,5,7,12H,2,4,6,8-10,16H2/t12-/m1/s1. The fraction of sp³-hybridized carbons (Fsp3) is 0.500. The molecule has 2 N–H and O–H groups in total. The molecule has 4 heteroatoms. The first kappa shape index (κ1) is 13.4. The Kier molecular flexibility index (Phi) is 4.61. The second kappa shape index (κ2) is 6.21. The number of amides is 1. The van der Waals surface area contributed by atoms with E-state index in [9.17, 15) is 4.79 Å². The molecule has 1 amide bonds. The first-order chi connectivity index (χ1) is 8.69. The molecule has 1 aromatic carbocycles. The van der Waals surface area contributed by atoms with Crippen molar-refractivity contribution >= 4 is 17.5 Å². The molecular formula is C14H19ClN2O. The molecule has 1 saturated heterocycles. The normalized spacial score (nSPS) is 19.9. The SMILES string of the molecule is NC[C@H]1CCCN(C(=O)Cc2cccc(Cl)c2)C1. The number of hydrogen-bond donors (Lipinski definition) is 1. The van der Waals surface area contributed by atoms with Gasteiger partial charge in [-0.1, -0.05) is 23.7 Å². The van der Waals surface area contributed by atoms with Crippen molar-refractivity contribution in [1.29, 1.82) is 0 Å². The molecule has 1 atom stereocenters. The molecule has 0 unspecified atom stereocenters. The van der Waals surface area contributed by atoms with Crippen LogP contribution < -0.4 is 5.73 Å². The van der Waals surface area contributed by atoms with E-state index in [2.05, 4.69) is 0 Å². The molecule has 0 spiro atoms. The van der Waals surface area contributed by atoms with Gasteiger partial charge in [-0.25, -0.2) is 0 Å². The Bertz CT molecular complexity index is 422. The van der Waals surface area contributed by atoms with Gasteiger partial charge in [-0.05, 0) is 43.0 Å². The van der Waals surface area contributed by atoms with Gasteiger partial charge in [0.05, 0.1) is 6.42 Å². The smallest absolute Gasteiger partial charge is 0.227 e. The lowest BCUT2D eigenvalue weighted by Gasteiger charge is -2.32. The summed E-state index contributed by atoms with van der Waals surface area (Å²) in [7, 11) is 0. The van der Waals surface area contributed by atoms with Crippen LogP contribution in [-0.4, -0.2) is 30.4 Å². The number of rotatable bonds is 3. The maximum absolute atomic E-state index is 12.2. The number of benzene rings is 1. The second-order valence-electron chi connectivity index (χ2n) is 4.89. The lowest BCUT2D eigenvalue weighted by atomic mass is 9.97. The van der Waals surface area contributed by atoms with Gasteiger partial charge in [0.15, 0.2) is 0 Å². The van der Waals surface area contributed by atoms with Gasteiger partial charge in [-0.15, -0.1) is 0 Å². The monoisotopic (exact) mass is 266 g/mol. The van der Waals surface area contributed by atoms with Crippen LogP contribution in [0.5, 0.6) is 0 Å². The number of hydrogen-bond acceptors (Lipinski definition) is 2. The Morgan fingerprint density at radius 1 is 1.50 bits per heavy atom. The van der Waals surface area contributed by atoms with Gasteiger partial charge in [-0.2, -0.15) is 0 Å². The van der Waals surface area contributed by atoms with Gasteiger partial charge in [0, 0.05) is 18.1 Å². The van der Waals surface area contributed by atoms with E-state index in [0.717, 1.165) is 31.5 Å². The van der Waals surface area contributed by atoms with Crippen molar-refractivity contribution in [1.82, 2.24) is 4.90 Å². The average Bonchev–Trinajstić information content (AvgIpc) is 2.39. The summed E-state index contributed by atoms with van der Waals surface area (Å²) < 4.78 is 0. The number of halogens is 1. The number of likely N-dealkylation sites (tertiary alicyclic amines) is 1. The summed E-state index contributed by atoms with van der Waals surface area (Å²) in [6, 6.07) is 7.49. The molecule has 3 nitrogen and oxygen atoms in total. The van der Waals surface area contributed by atoms with Crippen LogP contribution in [0.25, 0.3) is 0 Å². The maximum Gasteiger partial charge on any atom is 0.227 e.